The van der Waals surface area contributed by atoms with Crippen LogP contribution in [0.25, 0.3) is 10.2 Å². The van der Waals surface area contributed by atoms with Gasteiger partial charge >= 0.3 is 0 Å². The predicted molar refractivity (Wildman–Crippen MR) is 100 cm³/mol. The number of H-pyrrole nitrogens is 1. The van der Waals surface area contributed by atoms with Gasteiger partial charge in [0.25, 0.3) is 5.56 Å². The number of carbonyl (C=O) groups excluding carboxylic acids is 1. The van der Waals surface area contributed by atoms with Crippen LogP contribution in [0.5, 0.6) is 0 Å². The number of hydrogen-bond donors (Lipinski definition) is 2. The molecule has 0 radical (unpaired) electrons. The zero-order valence-corrected chi connectivity index (χ0v) is 15.0. The molecule has 0 unspecified atom stereocenters. The highest BCUT2D eigenvalue weighted by molar-refractivity contribution is 7.99. The first-order chi connectivity index (χ1) is 11.5. The van der Waals surface area contributed by atoms with Crippen LogP contribution in [0.2, 0.25) is 0 Å². The average Bonchev–Trinajstić information content (AvgIpc) is 2.95. The number of benzene rings is 1. The van der Waals surface area contributed by atoms with Gasteiger partial charge in [-0.2, -0.15) is 0 Å². The monoisotopic (exact) mass is 359 g/mol. The third kappa shape index (κ3) is 3.85. The molecule has 0 aliphatic rings. The molecule has 2 heterocycles. The SMILES string of the molecule is CCc1ccc(NC(=O)CSc2nc3sc(C)cc3c(=O)[nH]2)cc1. The van der Waals surface area contributed by atoms with E-state index in [9.17, 15) is 9.59 Å². The molecule has 0 aliphatic carbocycles. The summed E-state index contributed by atoms with van der Waals surface area (Å²) in [7, 11) is 0. The second-order valence-electron chi connectivity index (χ2n) is 5.33. The van der Waals surface area contributed by atoms with Crippen LogP contribution in [0.4, 0.5) is 5.69 Å². The van der Waals surface area contributed by atoms with Gasteiger partial charge in [-0.1, -0.05) is 30.8 Å². The maximum Gasteiger partial charge on any atom is 0.260 e. The molecule has 124 valence electrons. The molecule has 3 aromatic rings. The molecule has 0 fully saturated rings. The first-order valence-electron chi connectivity index (χ1n) is 7.57. The van der Waals surface area contributed by atoms with Crippen molar-refractivity contribution in [1.29, 1.82) is 0 Å². The Morgan fingerprint density at radius 3 is 2.79 bits per heavy atom. The van der Waals surface area contributed by atoms with Gasteiger partial charge in [0.05, 0.1) is 11.1 Å². The molecule has 7 heteroatoms. The number of fused-ring (bicyclic) bond motifs is 1. The van der Waals surface area contributed by atoms with E-state index in [1.54, 1.807) is 0 Å². The van der Waals surface area contributed by atoms with Gasteiger partial charge in [0.15, 0.2) is 5.16 Å². The molecule has 0 bridgehead atoms. The number of nitrogens with one attached hydrogen (secondary N) is 2. The van der Waals surface area contributed by atoms with Gasteiger partial charge < -0.3 is 10.3 Å². The van der Waals surface area contributed by atoms with Crippen molar-refractivity contribution in [1.82, 2.24) is 9.97 Å². The van der Waals surface area contributed by atoms with E-state index in [1.165, 1.54) is 28.7 Å². The summed E-state index contributed by atoms with van der Waals surface area (Å²) in [5.74, 6) is 0.0586. The van der Waals surface area contributed by atoms with Crippen molar-refractivity contribution < 1.29 is 4.79 Å². The molecular weight excluding hydrogens is 342 g/mol. The van der Waals surface area contributed by atoms with Gasteiger partial charge in [-0.05, 0) is 37.1 Å². The second kappa shape index (κ2) is 7.19. The highest BCUT2D eigenvalue weighted by Crippen LogP contribution is 2.22. The number of amides is 1. The summed E-state index contributed by atoms with van der Waals surface area (Å²) in [6.45, 7) is 4.03. The lowest BCUT2D eigenvalue weighted by molar-refractivity contribution is -0.113. The van der Waals surface area contributed by atoms with Gasteiger partial charge in [-0.15, -0.1) is 11.3 Å². The van der Waals surface area contributed by atoms with E-state index in [2.05, 4.69) is 22.2 Å². The van der Waals surface area contributed by atoms with E-state index in [0.29, 0.717) is 15.4 Å². The van der Waals surface area contributed by atoms with E-state index in [1.807, 2.05) is 37.3 Å². The molecule has 0 spiro atoms. The van der Waals surface area contributed by atoms with Gasteiger partial charge in [-0.3, -0.25) is 9.59 Å². The van der Waals surface area contributed by atoms with E-state index in [0.717, 1.165) is 17.0 Å². The highest BCUT2D eigenvalue weighted by Gasteiger charge is 2.09. The largest absolute Gasteiger partial charge is 0.325 e. The van der Waals surface area contributed by atoms with E-state index in [-0.39, 0.29) is 17.2 Å². The van der Waals surface area contributed by atoms with Crippen LogP contribution in [0.3, 0.4) is 0 Å². The lowest BCUT2D eigenvalue weighted by Crippen LogP contribution is -2.15. The average molecular weight is 359 g/mol. The Labute approximate surface area is 147 Å². The van der Waals surface area contributed by atoms with E-state index < -0.39 is 0 Å². The molecule has 2 N–H and O–H groups in total. The minimum atomic E-state index is -0.164. The summed E-state index contributed by atoms with van der Waals surface area (Å²) in [6.07, 6.45) is 0.966. The summed E-state index contributed by atoms with van der Waals surface area (Å²) < 4.78 is 0. The Morgan fingerprint density at radius 2 is 2.08 bits per heavy atom. The van der Waals surface area contributed by atoms with E-state index >= 15 is 0 Å². The Kier molecular flexibility index (Phi) is 5.01. The number of thioether (sulfide) groups is 1. The molecule has 1 amide bonds. The summed E-state index contributed by atoms with van der Waals surface area (Å²) in [5, 5.41) is 3.91. The van der Waals surface area contributed by atoms with Crippen LogP contribution in [0, 0.1) is 6.92 Å². The first-order valence-corrected chi connectivity index (χ1v) is 9.37. The lowest BCUT2D eigenvalue weighted by Gasteiger charge is -2.05. The third-order valence-electron chi connectivity index (χ3n) is 3.49. The van der Waals surface area contributed by atoms with E-state index in [4.69, 9.17) is 0 Å². The molecule has 2 aromatic heterocycles. The van der Waals surface area contributed by atoms with Crippen molar-refractivity contribution in [3.8, 4) is 0 Å². The summed E-state index contributed by atoms with van der Waals surface area (Å²) in [4.78, 5) is 32.9. The number of anilines is 1. The van der Waals surface area contributed by atoms with Crippen molar-refractivity contribution >= 4 is 44.9 Å². The van der Waals surface area contributed by atoms with Crippen LogP contribution in [0.15, 0.2) is 40.3 Å². The molecule has 0 saturated carbocycles. The standard InChI is InChI=1S/C17H17N3O2S2/c1-3-11-4-6-12(7-5-11)18-14(21)9-23-17-19-15(22)13-8-10(2)24-16(13)20-17/h4-8H,3,9H2,1-2H3,(H,18,21)(H,19,20,22). The minimum Gasteiger partial charge on any atom is -0.325 e. The van der Waals surface area contributed by atoms with Gasteiger partial charge in [-0.25, -0.2) is 4.98 Å². The predicted octanol–water partition coefficient (Wildman–Crippen LogP) is 3.59. The number of hydrogen-bond acceptors (Lipinski definition) is 5. The number of aromatic nitrogens is 2. The number of aryl methyl sites for hydroxylation is 2. The number of thiophene rings is 1. The lowest BCUT2D eigenvalue weighted by atomic mass is 10.1. The zero-order chi connectivity index (χ0) is 17.1. The molecular formula is C17H17N3O2S2. The summed E-state index contributed by atoms with van der Waals surface area (Å²) in [6, 6.07) is 9.60. The Morgan fingerprint density at radius 1 is 1.33 bits per heavy atom. The number of aromatic amines is 1. The Balaban J connectivity index is 1.64. The number of rotatable bonds is 5. The molecule has 24 heavy (non-hydrogen) atoms. The molecule has 5 nitrogen and oxygen atoms in total. The van der Waals surface area contributed by atoms with Crippen LogP contribution in [-0.2, 0) is 11.2 Å². The van der Waals surface area contributed by atoms with Gasteiger partial charge in [0.1, 0.15) is 4.83 Å². The maximum absolute atomic E-state index is 12.0. The van der Waals surface area contributed by atoms with Crippen molar-refractivity contribution in [3.05, 3.63) is 51.1 Å². The Bertz CT molecular complexity index is 929. The molecule has 1 aromatic carbocycles. The molecule has 0 saturated heterocycles. The van der Waals surface area contributed by atoms with Crippen molar-refractivity contribution in [3.63, 3.8) is 0 Å². The zero-order valence-electron chi connectivity index (χ0n) is 13.4. The summed E-state index contributed by atoms with van der Waals surface area (Å²) in [5.41, 5.74) is 1.83. The fraction of sp³-hybridized carbons (Fsp3) is 0.235. The molecule has 0 atom stereocenters. The smallest absolute Gasteiger partial charge is 0.260 e. The van der Waals surface area contributed by atoms with Crippen molar-refractivity contribution in [2.75, 3.05) is 11.1 Å². The van der Waals surface area contributed by atoms with Crippen LogP contribution >= 0.6 is 23.1 Å². The number of carbonyl (C=O) groups is 1. The first kappa shape index (κ1) is 16.7. The fourth-order valence-electron chi connectivity index (χ4n) is 2.26. The molecule has 3 rings (SSSR count). The van der Waals surface area contributed by atoms with Crippen molar-refractivity contribution in [2.45, 2.75) is 25.4 Å². The highest BCUT2D eigenvalue weighted by atomic mass is 32.2. The number of nitrogens with zero attached hydrogens (tertiary/aromatic N) is 1. The topological polar surface area (TPSA) is 74.8 Å². The summed E-state index contributed by atoms with van der Waals surface area (Å²) >= 11 is 2.70. The normalized spacial score (nSPS) is 10.9. The minimum absolute atomic E-state index is 0.130. The molecule has 0 aliphatic heterocycles. The van der Waals surface area contributed by atoms with Crippen molar-refractivity contribution in [2.24, 2.45) is 0 Å². The van der Waals surface area contributed by atoms with Gasteiger partial charge in [0, 0.05) is 10.6 Å². The second-order valence-corrected chi connectivity index (χ2v) is 7.53. The third-order valence-corrected chi connectivity index (χ3v) is 5.31. The van der Waals surface area contributed by atoms with Gasteiger partial charge in [0.2, 0.25) is 5.91 Å². The maximum atomic E-state index is 12.0. The van der Waals surface area contributed by atoms with Crippen LogP contribution < -0.4 is 10.9 Å². The quantitative estimate of drug-likeness (QED) is 0.539. The Hall–Kier alpha value is -2.12. The van der Waals surface area contributed by atoms with Crippen LogP contribution in [0.1, 0.15) is 17.4 Å². The fourth-order valence-corrected chi connectivity index (χ4v) is 3.85. The van der Waals surface area contributed by atoms with Crippen LogP contribution in [-0.4, -0.2) is 21.6 Å².